The zero-order valence-corrected chi connectivity index (χ0v) is 15.1. The van der Waals surface area contributed by atoms with Crippen LogP contribution in [-0.4, -0.2) is 29.4 Å². The van der Waals surface area contributed by atoms with E-state index in [1.54, 1.807) is 6.07 Å². The van der Waals surface area contributed by atoms with Crippen LogP contribution >= 0.6 is 11.3 Å². The highest BCUT2D eigenvalue weighted by Gasteiger charge is 2.24. The van der Waals surface area contributed by atoms with Crippen molar-refractivity contribution in [2.45, 2.75) is 25.9 Å². The van der Waals surface area contributed by atoms with Crippen LogP contribution in [0.4, 0.5) is 5.13 Å². The molecule has 3 aromatic rings. The van der Waals surface area contributed by atoms with Crippen LogP contribution in [0.5, 0.6) is 0 Å². The number of nitrogens with zero attached hydrogens (tertiary/aromatic N) is 1. The van der Waals surface area contributed by atoms with Crippen molar-refractivity contribution in [3.05, 3.63) is 59.2 Å². The SMILES string of the molecule is Cc1ccc(C(=O)c2ccc3nc(NC(=O)C4CCCO4)sc3c2)cc1. The fourth-order valence-corrected chi connectivity index (χ4v) is 3.87. The van der Waals surface area contributed by atoms with Crippen molar-refractivity contribution >= 4 is 38.4 Å². The summed E-state index contributed by atoms with van der Waals surface area (Å²) in [6.45, 7) is 2.62. The van der Waals surface area contributed by atoms with Gasteiger partial charge in [-0.25, -0.2) is 4.98 Å². The molecule has 2 heterocycles. The smallest absolute Gasteiger partial charge is 0.255 e. The second-order valence-corrected chi connectivity index (χ2v) is 7.42. The van der Waals surface area contributed by atoms with E-state index in [1.807, 2.05) is 43.3 Å². The maximum Gasteiger partial charge on any atom is 0.255 e. The van der Waals surface area contributed by atoms with E-state index in [-0.39, 0.29) is 17.8 Å². The number of aromatic nitrogens is 1. The van der Waals surface area contributed by atoms with Crippen molar-refractivity contribution in [2.75, 3.05) is 11.9 Å². The molecule has 0 radical (unpaired) electrons. The molecule has 1 aliphatic heterocycles. The van der Waals surface area contributed by atoms with Gasteiger partial charge in [-0.1, -0.05) is 41.2 Å². The summed E-state index contributed by atoms with van der Waals surface area (Å²) in [7, 11) is 0. The molecule has 1 amide bonds. The molecule has 0 saturated carbocycles. The summed E-state index contributed by atoms with van der Waals surface area (Å²) >= 11 is 1.36. The minimum atomic E-state index is -0.388. The van der Waals surface area contributed by atoms with Gasteiger partial charge in [0.25, 0.3) is 5.91 Å². The number of nitrogens with one attached hydrogen (secondary N) is 1. The average Bonchev–Trinajstić information content (AvgIpc) is 3.30. The number of hydrogen-bond acceptors (Lipinski definition) is 5. The van der Waals surface area contributed by atoms with E-state index in [9.17, 15) is 9.59 Å². The number of carbonyl (C=O) groups is 2. The van der Waals surface area contributed by atoms with Gasteiger partial charge in [0.15, 0.2) is 10.9 Å². The molecule has 0 spiro atoms. The number of fused-ring (bicyclic) bond motifs is 1. The third kappa shape index (κ3) is 3.38. The van der Waals surface area contributed by atoms with E-state index in [0.29, 0.717) is 22.9 Å². The Hall–Kier alpha value is -2.57. The van der Waals surface area contributed by atoms with Gasteiger partial charge in [0.1, 0.15) is 6.10 Å². The first kappa shape index (κ1) is 16.9. The maximum absolute atomic E-state index is 12.7. The highest BCUT2D eigenvalue weighted by Crippen LogP contribution is 2.28. The molecular weight excluding hydrogens is 348 g/mol. The number of ketones is 1. The number of amides is 1. The first-order chi connectivity index (χ1) is 12.6. The Labute approximate surface area is 155 Å². The van der Waals surface area contributed by atoms with Gasteiger partial charge < -0.3 is 4.74 Å². The Balaban J connectivity index is 1.56. The average molecular weight is 366 g/mol. The van der Waals surface area contributed by atoms with Crippen LogP contribution in [0.3, 0.4) is 0 Å². The number of benzene rings is 2. The molecule has 4 rings (SSSR count). The lowest BCUT2D eigenvalue weighted by Crippen LogP contribution is -2.26. The molecule has 132 valence electrons. The summed E-state index contributed by atoms with van der Waals surface area (Å²) in [5.41, 5.74) is 3.15. The van der Waals surface area contributed by atoms with Crippen LogP contribution in [0.25, 0.3) is 10.2 Å². The molecule has 1 N–H and O–H groups in total. The van der Waals surface area contributed by atoms with E-state index in [2.05, 4.69) is 10.3 Å². The van der Waals surface area contributed by atoms with Gasteiger partial charge in [0.05, 0.1) is 10.2 Å². The van der Waals surface area contributed by atoms with Crippen molar-refractivity contribution < 1.29 is 14.3 Å². The summed E-state index contributed by atoms with van der Waals surface area (Å²) in [6.07, 6.45) is 1.26. The Morgan fingerprint density at radius 3 is 2.65 bits per heavy atom. The van der Waals surface area contributed by atoms with Crippen LogP contribution in [0.15, 0.2) is 42.5 Å². The molecule has 1 aliphatic rings. The van der Waals surface area contributed by atoms with E-state index < -0.39 is 0 Å². The fourth-order valence-electron chi connectivity index (χ4n) is 2.96. The number of thiazole rings is 1. The topological polar surface area (TPSA) is 68.3 Å². The van der Waals surface area contributed by atoms with Crippen LogP contribution in [0, 0.1) is 6.92 Å². The van der Waals surface area contributed by atoms with E-state index in [4.69, 9.17) is 4.74 Å². The lowest BCUT2D eigenvalue weighted by atomic mass is 10.0. The second kappa shape index (κ2) is 6.97. The van der Waals surface area contributed by atoms with Crippen LogP contribution < -0.4 is 5.32 Å². The van der Waals surface area contributed by atoms with Crippen LogP contribution in [0.2, 0.25) is 0 Å². The van der Waals surface area contributed by atoms with E-state index >= 15 is 0 Å². The molecule has 0 aliphatic carbocycles. The molecule has 2 aromatic carbocycles. The van der Waals surface area contributed by atoms with E-state index in [1.165, 1.54) is 11.3 Å². The molecule has 26 heavy (non-hydrogen) atoms. The quantitative estimate of drug-likeness (QED) is 0.710. The summed E-state index contributed by atoms with van der Waals surface area (Å²) in [4.78, 5) is 29.2. The summed E-state index contributed by atoms with van der Waals surface area (Å²) in [5, 5.41) is 3.35. The summed E-state index contributed by atoms with van der Waals surface area (Å²) in [5.74, 6) is -0.178. The fraction of sp³-hybridized carbons (Fsp3) is 0.250. The summed E-state index contributed by atoms with van der Waals surface area (Å²) in [6, 6.07) is 12.9. The number of carbonyl (C=O) groups excluding carboxylic acids is 2. The Morgan fingerprint density at radius 1 is 1.15 bits per heavy atom. The van der Waals surface area contributed by atoms with Crippen molar-refractivity contribution in [1.82, 2.24) is 4.98 Å². The number of ether oxygens (including phenoxy) is 1. The monoisotopic (exact) mass is 366 g/mol. The standard InChI is InChI=1S/C20H18N2O3S/c1-12-4-6-13(7-5-12)18(23)14-8-9-15-17(11-14)26-20(21-15)22-19(24)16-3-2-10-25-16/h4-9,11,16H,2-3,10H2,1H3,(H,21,22,24). The number of hydrogen-bond donors (Lipinski definition) is 1. The minimum Gasteiger partial charge on any atom is -0.368 e. The van der Waals surface area contributed by atoms with Gasteiger partial charge >= 0.3 is 0 Å². The van der Waals surface area contributed by atoms with Crippen molar-refractivity contribution in [3.8, 4) is 0 Å². The molecule has 0 bridgehead atoms. The lowest BCUT2D eigenvalue weighted by Gasteiger charge is -2.07. The largest absolute Gasteiger partial charge is 0.368 e. The molecule has 5 nitrogen and oxygen atoms in total. The molecule has 6 heteroatoms. The number of anilines is 1. The molecule has 1 atom stereocenters. The first-order valence-electron chi connectivity index (χ1n) is 8.54. The van der Waals surface area contributed by atoms with Crippen LogP contribution in [-0.2, 0) is 9.53 Å². The van der Waals surface area contributed by atoms with Gasteiger partial charge in [-0.3, -0.25) is 14.9 Å². The molecular formula is C20H18N2O3S. The third-order valence-corrected chi connectivity index (χ3v) is 5.35. The Morgan fingerprint density at radius 2 is 1.92 bits per heavy atom. The van der Waals surface area contributed by atoms with Gasteiger partial charge in [-0.05, 0) is 38.0 Å². The highest BCUT2D eigenvalue weighted by atomic mass is 32.1. The predicted molar refractivity (Wildman–Crippen MR) is 102 cm³/mol. The molecule has 1 saturated heterocycles. The first-order valence-corrected chi connectivity index (χ1v) is 9.36. The zero-order valence-electron chi connectivity index (χ0n) is 14.3. The predicted octanol–water partition coefficient (Wildman–Crippen LogP) is 3.95. The number of aryl methyl sites for hydroxylation is 1. The normalized spacial score (nSPS) is 16.7. The van der Waals surface area contributed by atoms with Crippen molar-refractivity contribution in [3.63, 3.8) is 0 Å². The van der Waals surface area contributed by atoms with Crippen LogP contribution in [0.1, 0.15) is 34.3 Å². The van der Waals surface area contributed by atoms with Gasteiger partial charge in [-0.2, -0.15) is 0 Å². The van der Waals surface area contributed by atoms with Gasteiger partial charge in [0.2, 0.25) is 0 Å². The minimum absolute atomic E-state index is 0.0229. The number of rotatable bonds is 4. The second-order valence-electron chi connectivity index (χ2n) is 6.39. The third-order valence-electron chi connectivity index (χ3n) is 4.42. The molecule has 1 unspecified atom stereocenters. The zero-order chi connectivity index (χ0) is 18.1. The molecule has 1 fully saturated rings. The maximum atomic E-state index is 12.7. The van der Waals surface area contributed by atoms with Gasteiger partial charge in [-0.15, -0.1) is 0 Å². The Bertz CT molecular complexity index is 972. The van der Waals surface area contributed by atoms with Crippen molar-refractivity contribution in [1.29, 1.82) is 0 Å². The van der Waals surface area contributed by atoms with Gasteiger partial charge in [0, 0.05) is 17.7 Å². The van der Waals surface area contributed by atoms with E-state index in [0.717, 1.165) is 28.6 Å². The van der Waals surface area contributed by atoms with Crippen molar-refractivity contribution in [2.24, 2.45) is 0 Å². The lowest BCUT2D eigenvalue weighted by molar-refractivity contribution is -0.124. The molecule has 1 aromatic heterocycles. The highest BCUT2D eigenvalue weighted by molar-refractivity contribution is 7.22. The summed E-state index contributed by atoms with van der Waals surface area (Å²) < 4.78 is 6.26. The Kier molecular flexibility index (Phi) is 4.53.